The summed E-state index contributed by atoms with van der Waals surface area (Å²) < 4.78 is 5.16. The van der Waals surface area contributed by atoms with Crippen LogP contribution < -0.4 is 0 Å². The van der Waals surface area contributed by atoms with E-state index in [1.165, 1.54) is 43.0 Å². The van der Waals surface area contributed by atoms with E-state index in [1.54, 1.807) is 6.20 Å². The van der Waals surface area contributed by atoms with Crippen molar-refractivity contribution in [3.8, 4) is 0 Å². The Bertz CT molecular complexity index is 537. The smallest absolute Gasteiger partial charge is 0.345 e. The average Bonchev–Trinajstić information content (AvgIpc) is 3.07. The first-order chi connectivity index (χ1) is 10.1. The minimum Gasteiger partial charge on any atom is -0.462 e. The third-order valence-corrected chi connectivity index (χ3v) is 5.34. The average molecular weight is 305 g/mol. The van der Waals surface area contributed by atoms with Gasteiger partial charge in [-0.15, -0.1) is 0 Å². The molecule has 1 fully saturated rings. The predicted octanol–water partition coefficient (Wildman–Crippen LogP) is 4.62. The number of esters is 1. The highest BCUT2D eigenvalue weighted by atomic mass is 32.2. The van der Waals surface area contributed by atoms with E-state index in [1.807, 2.05) is 13.8 Å². The summed E-state index contributed by atoms with van der Waals surface area (Å²) in [7, 11) is 0. The summed E-state index contributed by atoms with van der Waals surface area (Å²) in [5.74, 6) is 0.373. The van der Waals surface area contributed by atoms with Crippen molar-refractivity contribution in [1.82, 2.24) is 0 Å². The molecule has 21 heavy (non-hydrogen) atoms. The van der Waals surface area contributed by atoms with Gasteiger partial charge in [0, 0.05) is 11.8 Å². The van der Waals surface area contributed by atoms with Crippen LogP contribution in [-0.2, 0) is 9.53 Å². The molecule has 0 aromatic heterocycles. The minimum absolute atomic E-state index is 0.244. The van der Waals surface area contributed by atoms with Gasteiger partial charge < -0.3 is 4.74 Å². The molecular weight excluding hydrogens is 282 g/mol. The third-order valence-electron chi connectivity index (χ3n) is 4.16. The second-order valence-electron chi connectivity index (χ2n) is 5.43. The van der Waals surface area contributed by atoms with Crippen LogP contribution in [0.5, 0.6) is 0 Å². The van der Waals surface area contributed by atoms with E-state index in [4.69, 9.17) is 4.74 Å². The van der Waals surface area contributed by atoms with Crippen LogP contribution in [0.15, 0.2) is 39.4 Å². The molecule has 2 rings (SSSR count). The summed E-state index contributed by atoms with van der Waals surface area (Å²) in [6, 6.07) is 0. The zero-order chi connectivity index (χ0) is 15.4. The molecule has 0 saturated heterocycles. The summed E-state index contributed by atoms with van der Waals surface area (Å²) >= 11 is 1.41. The van der Waals surface area contributed by atoms with Crippen molar-refractivity contribution in [2.45, 2.75) is 46.5 Å². The zero-order valence-corrected chi connectivity index (χ0v) is 13.9. The van der Waals surface area contributed by atoms with Crippen molar-refractivity contribution in [2.24, 2.45) is 10.9 Å². The maximum atomic E-state index is 12.1. The minimum atomic E-state index is -0.244. The van der Waals surface area contributed by atoms with Crippen molar-refractivity contribution in [3.05, 3.63) is 34.4 Å². The Morgan fingerprint density at radius 1 is 1.48 bits per heavy atom. The van der Waals surface area contributed by atoms with Gasteiger partial charge in [-0.1, -0.05) is 36.8 Å². The first-order valence-corrected chi connectivity index (χ1v) is 8.37. The van der Waals surface area contributed by atoms with E-state index >= 15 is 0 Å². The Hall–Kier alpha value is -1.29. The van der Waals surface area contributed by atoms with E-state index in [2.05, 4.69) is 18.5 Å². The molecule has 114 valence electrons. The maximum Gasteiger partial charge on any atom is 0.345 e. The Labute approximate surface area is 131 Å². The van der Waals surface area contributed by atoms with Crippen LogP contribution >= 0.6 is 11.8 Å². The molecule has 0 radical (unpaired) electrons. The van der Waals surface area contributed by atoms with Crippen molar-refractivity contribution >= 4 is 22.8 Å². The van der Waals surface area contributed by atoms with Crippen LogP contribution in [0, 0.1) is 5.92 Å². The van der Waals surface area contributed by atoms with E-state index in [-0.39, 0.29) is 5.97 Å². The first kappa shape index (κ1) is 16.1. The van der Waals surface area contributed by atoms with Gasteiger partial charge in [0.05, 0.1) is 6.61 Å². The topological polar surface area (TPSA) is 38.7 Å². The number of nitrogens with zero attached hydrogens (tertiary/aromatic N) is 1. The van der Waals surface area contributed by atoms with Gasteiger partial charge in [0.25, 0.3) is 0 Å². The lowest BCUT2D eigenvalue weighted by atomic mass is 9.91. The van der Waals surface area contributed by atoms with Crippen LogP contribution in [0.2, 0.25) is 0 Å². The van der Waals surface area contributed by atoms with E-state index < -0.39 is 0 Å². The Kier molecular flexibility index (Phi) is 5.45. The van der Waals surface area contributed by atoms with Gasteiger partial charge in [-0.3, -0.25) is 0 Å². The zero-order valence-electron chi connectivity index (χ0n) is 13.1. The molecule has 0 spiro atoms. The molecule has 3 nitrogen and oxygen atoms in total. The molecule has 1 aliphatic carbocycles. The molecule has 0 aromatic rings. The molecule has 0 N–H and O–H groups in total. The largest absolute Gasteiger partial charge is 0.462 e. The van der Waals surface area contributed by atoms with E-state index in [0.717, 1.165) is 16.2 Å². The third kappa shape index (κ3) is 3.31. The lowest BCUT2D eigenvalue weighted by Crippen LogP contribution is -2.05. The fourth-order valence-corrected chi connectivity index (χ4v) is 4.22. The van der Waals surface area contributed by atoms with Crippen LogP contribution in [0.25, 0.3) is 0 Å². The highest BCUT2D eigenvalue weighted by Gasteiger charge is 2.32. The van der Waals surface area contributed by atoms with Crippen LogP contribution in [-0.4, -0.2) is 17.6 Å². The Morgan fingerprint density at radius 2 is 2.14 bits per heavy atom. The van der Waals surface area contributed by atoms with Gasteiger partial charge >= 0.3 is 5.97 Å². The number of aliphatic imine (C=N–C) groups is 1. The molecule has 2 aliphatic rings. The standard InChI is InChI=1S/C17H23NO2S/c1-5-18-16-14(11(3)13-9-7-8-10-13)12(4)15(21-16)17(19)20-6-2/h5,13H,1,6-10H2,2-4H3/b14-11+,18-16?. The van der Waals surface area contributed by atoms with Crippen molar-refractivity contribution < 1.29 is 9.53 Å². The quantitative estimate of drug-likeness (QED) is 0.711. The van der Waals surface area contributed by atoms with Crippen LogP contribution in [0.1, 0.15) is 46.5 Å². The van der Waals surface area contributed by atoms with Gasteiger partial charge in [-0.05, 0) is 45.1 Å². The maximum absolute atomic E-state index is 12.1. The SMILES string of the molecule is C=CN=C1SC(C(=O)OCC)=C(C)/C1=C(/C)C1CCCC1. The summed E-state index contributed by atoms with van der Waals surface area (Å²) in [5, 5.41) is 0.884. The van der Waals surface area contributed by atoms with Crippen molar-refractivity contribution in [3.63, 3.8) is 0 Å². The van der Waals surface area contributed by atoms with E-state index in [9.17, 15) is 4.79 Å². The number of allylic oxidation sites excluding steroid dienone is 2. The molecule has 0 bridgehead atoms. The predicted molar refractivity (Wildman–Crippen MR) is 89.2 cm³/mol. The number of hydrogen-bond donors (Lipinski definition) is 0. The summed E-state index contributed by atoms with van der Waals surface area (Å²) in [4.78, 5) is 17.1. The van der Waals surface area contributed by atoms with Crippen molar-refractivity contribution in [1.29, 1.82) is 0 Å². The fourth-order valence-electron chi connectivity index (χ4n) is 3.09. The van der Waals surface area contributed by atoms with Gasteiger partial charge in [0.15, 0.2) is 0 Å². The van der Waals surface area contributed by atoms with Crippen LogP contribution in [0.3, 0.4) is 0 Å². The summed E-state index contributed by atoms with van der Waals surface area (Å²) in [5.41, 5.74) is 3.50. The molecule has 1 heterocycles. The van der Waals surface area contributed by atoms with E-state index in [0.29, 0.717) is 17.4 Å². The lowest BCUT2D eigenvalue weighted by Gasteiger charge is -2.14. The number of thioether (sulfide) groups is 1. The van der Waals surface area contributed by atoms with Gasteiger partial charge in [0.2, 0.25) is 0 Å². The second-order valence-corrected chi connectivity index (χ2v) is 6.43. The molecule has 1 saturated carbocycles. The monoisotopic (exact) mass is 305 g/mol. The van der Waals surface area contributed by atoms with Crippen molar-refractivity contribution in [2.75, 3.05) is 6.61 Å². The number of hydrogen-bond acceptors (Lipinski definition) is 4. The van der Waals surface area contributed by atoms with Crippen LogP contribution in [0.4, 0.5) is 0 Å². The van der Waals surface area contributed by atoms with Gasteiger partial charge in [-0.25, -0.2) is 9.79 Å². The molecule has 1 aliphatic heterocycles. The summed E-state index contributed by atoms with van der Waals surface area (Å²) in [6.07, 6.45) is 6.62. The molecule has 0 amide bonds. The highest BCUT2D eigenvalue weighted by Crippen LogP contribution is 2.43. The van der Waals surface area contributed by atoms with Gasteiger partial charge in [-0.2, -0.15) is 0 Å². The summed E-state index contributed by atoms with van der Waals surface area (Å²) in [6.45, 7) is 10.1. The number of rotatable bonds is 4. The first-order valence-electron chi connectivity index (χ1n) is 7.56. The lowest BCUT2D eigenvalue weighted by molar-refractivity contribution is -0.137. The number of carbonyl (C=O) groups excluding carboxylic acids is 1. The highest BCUT2D eigenvalue weighted by molar-refractivity contribution is 8.19. The molecule has 0 atom stereocenters. The normalized spacial score (nSPS) is 23.9. The Morgan fingerprint density at radius 3 is 2.71 bits per heavy atom. The number of carbonyl (C=O) groups is 1. The molecule has 4 heteroatoms. The Balaban J connectivity index is 2.43. The van der Waals surface area contributed by atoms with Gasteiger partial charge in [0.1, 0.15) is 9.95 Å². The molecule has 0 unspecified atom stereocenters. The second kappa shape index (κ2) is 7.12. The molecule has 0 aromatic carbocycles. The number of ether oxygens (including phenoxy) is 1. The fraction of sp³-hybridized carbons (Fsp3) is 0.529. The molecular formula is C17H23NO2S.